The second kappa shape index (κ2) is 10.2. The highest BCUT2D eigenvalue weighted by Crippen LogP contribution is 2.27. The van der Waals surface area contributed by atoms with Gasteiger partial charge in [-0.2, -0.15) is 21.6 Å². The maximum absolute atomic E-state index is 12.3. The Kier molecular flexibility index (Phi) is 8.54. The highest BCUT2D eigenvalue weighted by molar-refractivity contribution is 7.88. The van der Waals surface area contributed by atoms with Gasteiger partial charge in [-0.3, -0.25) is 0 Å². The minimum Gasteiger partial charge on any atom is -0.467 e. The van der Waals surface area contributed by atoms with Crippen molar-refractivity contribution in [2.45, 2.75) is 37.7 Å². The predicted octanol–water partition coefficient (Wildman–Crippen LogP) is 2.53. The molecule has 0 aliphatic heterocycles. The third-order valence-corrected chi connectivity index (χ3v) is 4.34. The minimum absolute atomic E-state index is 0.0676. The largest absolute Gasteiger partial charge is 0.534 e. The Balaban J connectivity index is 2.79. The molecule has 0 aliphatic carbocycles. The number of carbonyl (C=O) groups excluding carboxylic acids is 2. The Hall–Kier alpha value is -2.50. The van der Waals surface area contributed by atoms with Crippen LogP contribution in [0.1, 0.15) is 25.3 Å². The summed E-state index contributed by atoms with van der Waals surface area (Å²) in [5, 5.41) is 2.34. The molecule has 1 aromatic carbocycles. The summed E-state index contributed by atoms with van der Waals surface area (Å²) in [7, 11) is -4.66. The van der Waals surface area contributed by atoms with Crippen molar-refractivity contribution in [3.05, 3.63) is 29.8 Å². The van der Waals surface area contributed by atoms with Gasteiger partial charge in [0.2, 0.25) is 0 Å². The van der Waals surface area contributed by atoms with Crippen LogP contribution < -0.4 is 9.50 Å². The molecule has 12 heteroatoms. The number of methoxy groups -OCH3 is 1. The first-order chi connectivity index (χ1) is 13.0. The summed E-state index contributed by atoms with van der Waals surface area (Å²) in [5.74, 6) is -1.31. The fourth-order valence-electron chi connectivity index (χ4n) is 1.92. The number of alkyl carbamates (subject to hydrolysis) is 1. The van der Waals surface area contributed by atoms with Crippen molar-refractivity contribution in [2.24, 2.45) is 0 Å². The van der Waals surface area contributed by atoms with Crippen molar-refractivity contribution < 1.29 is 44.8 Å². The molecule has 1 atom stereocenters. The molecule has 1 amide bonds. The van der Waals surface area contributed by atoms with Crippen molar-refractivity contribution in [3.8, 4) is 5.75 Å². The lowest BCUT2D eigenvalue weighted by atomic mass is 10.1. The van der Waals surface area contributed by atoms with E-state index in [9.17, 15) is 31.2 Å². The summed E-state index contributed by atoms with van der Waals surface area (Å²) in [6.07, 6.45) is 0.576. The van der Waals surface area contributed by atoms with Crippen LogP contribution in [0.5, 0.6) is 5.75 Å². The van der Waals surface area contributed by atoms with Gasteiger partial charge >= 0.3 is 27.7 Å². The molecule has 0 spiro atoms. The molecular weight excluding hydrogens is 407 g/mol. The first-order valence-electron chi connectivity index (χ1n) is 8.11. The Bertz CT molecular complexity index is 763. The molecule has 0 fully saturated rings. The summed E-state index contributed by atoms with van der Waals surface area (Å²) in [6.45, 7) is 2.09. The molecule has 8 nitrogen and oxygen atoms in total. The van der Waals surface area contributed by atoms with Crippen LogP contribution in [-0.4, -0.2) is 45.7 Å². The number of rotatable bonds is 9. The lowest BCUT2D eigenvalue weighted by Crippen LogP contribution is -2.43. The quantitative estimate of drug-likeness (QED) is 0.279. The summed E-state index contributed by atoms with van der Waals surface area (Å²) in [6, 6.07) is 3.38. The Morgan fingerprint density at radius 1 is 1.18 bits per heavy atom. The minimum atomic E-state index is -5.78. The van der Waals surface area contributed by atoms with Crippen LogP contribution in [0.25, 0.3) is 0 Å². The number of alkyl halides is 3. The molecule has 28 heavy (non-hydrogen) atoms. The van der Waals surface area contributed by atoms with E-state index < -0.39 is 39.5 Å². The first kappa shape index (κ1) is 23.5. The van der Waals surface area contributed by atoms with Gasteiger partial charge < -0.3 is 19.0 Å². The lowest BCUT2D eigenvalue weighted by molar-refractivity contribution is -0.143. The second-order valence-corrected chi connectivity index (χ2v) is 7.08. The van der Waals surface area contributed by atoms with Crippen LogP contribution in [0.2, 0.25) is 0 Å². The average molecular weight is 427 g/mol. The Morgan fingerprint density at radius 3 is 2.29 bits per heavy atom. The van der Waals surface area contributed by atoms with E-state index in [4.69, 9.17) is 4.74 Å². The first-order valence-corrected chi connectivity index (χ1v) is 9.51. The number of hydrogen-bond donors (Lipinski definition) is 1. The number of nitrogens with one attached hydrogen (secondary N) is 1. The standard InChI is InChI=1S/C16H20F3NO7S/c1-3-4-9-26-15(22)20-13(14(21)25-2)10-11-5-7-12(8-6-11)27-28(23,24)16(17,18)19/h5-8,13H,3-4,9-10H2,1-2H3,(H,20,22)/t13-/m0/s1. The van der Waals surface area contributed by atoms with Gasteiger partial charge in [-0.1, -0.05) is 25.5 Å². The molecule has 0 saturated carbocycles. The van der Waals surface area contributed by atoms with E-state index >= 15 is 0 Å². The molecule has 1 N–H and O–H groups in total. The molecule has 1 rings (SSSR count). The van der Waals surface area contributed by atoms with Crippen LogP contribution in [0.3, 0.4) is 0 Å². The van der Waals surface area contributed by atoms with E-state index in [1.165, 1.54) is 12.1 Å². The van der Waals surface area contributed by atoms with Gasteiger partial charge in [-0.15, -0.1) is 0 Å². The Labute approximate surface area is 160 Å². The number of carbonyl (C=O) groups is 2. The van der Waals surface area contributed by atoms with Crippen molar-refractivity contribution >= 4 is 22.2 Å². The average Bonchev–Trinajstić information content (AvgIpc) is 2.61. The van der Waals surface area contributed by atoms with Crippen molar-refractivity contribution in [3.63, 3.8) is 0 Å². The third-order valence-electron chi connectivity index (χ3n) is 3.36. The highest BCUT2D eigenvalue weighted by atomic mass is 32.2. The second-order valence-electron chi connectivity index (χ2n) is 5.54. The zero-order valence-corrected chi connectivity index (χ0v) is 15.9. The van der Waals surface area contributed by atoms with Gasteiger partial charge in [0.1, 0.15) is 11.8 Å². The number of halogens is 3. The van der Waals surface area contributed by atoms with Crippen LogP contribution in [0.15, 0.2) is 24.3 Å². The molecule has 0 aromatic heterocycles. The third kappa shape index (κ3) is 7.25. The molecule has 0 bridgehead atoms. The number of amides is 1. The van der Waals surface area contributed by atoms with Crippen LogP contribution in [0, 0.1) is 0 Å². The molecule has 0 aliphatic rings. The predicted molar refractivity (Wildman–Crippen MR) is 90.9 cm³/mol. The van der Waals surface area contributed by atoms with E-state index in [1.807, 2.05) is 6.92 Å². The topological polar surface area (TPSA) is 108 Å². The molecule has 0 radical (unpaired) electrons. The fourth-order valence-corrected chi connectivity index (χ4v) is 2.38. The number of unbranched alkanes of at least 4 members (excludes halogenated alkanes) is 1. The van der Waals surface area contributed by atoms with Crippen LogP contribution >= 0.6 is 0 Å². The summed E-state index contributed by atoms with van der Waals surface area (Å²) >= 11 is 0. The molecule has 158 valence electrons. The molecular formula is C16H20F3NO7S. The van der Waals surface area contributed by atoms with Crippen molar-refractivity contribution in [1.82, 2.24) is 5.32 Å². The van der Waals surface area contributed by atoms with E-state index in [2.05, 4.69) is 14.2 Å². The molecule has 0 heterocycles. The van der Waals surface area contributed by atoms with Gasteiger partial charge in [0.05, 0.1) is 13.7 Å². The van der Waals surface area contributed by atoms with E-state index in [0.29, 0.717) is 12.0 Å². The van der Waals surface area contributed by atoms with E-state index in [1.54, 1.807) is 0 Å². The number of hydrogen-bond acceptors (Lipinski definition) is 7. The maximum atomic E-state index is 12.3. The normalized spacial score (nSPS) is 12.8. The molecule has 1 aromatic rings. The summed E-state index contributed by atoms with van der Waals surface area (Å²) < 4.78 is 72.4. The number of esters is 1. The van der Waals surface area contributed by atoms with Crippen molar-refractivity contribution in [2.75, 3.05) is 13.7 Å². The van der Waals surface area contributed by atoms with Crippen molar-refractivity contribution in [1.29, 1.82) is 0 Å². The van der Waals surface area contributed by atoms with Crippen LogP contribution in [0.4, 0.5) is 18.0 Å². The zero-order valence-electron chi connectivity index (χ0n) is 15.1. The number of benzene rings is 1. The SMILES string of the molecule is CCCCOC(=O)N[C@@H](Cc1ccc(OS(=O)(=O)C(F)(F)F)cc1)C(=O)OC. The van der Waals surface area contributed by atoms with Crippen LogP contribution in [-0.2, 0) is 30.8 Å². The Morgan fingerprint density at radius 2 is 1.79 bits per heavy atom. The maximum Gasteiger partial charge on any atom is 0.534 e. The summed E-state index contributed by atoms with van der Waals surface area (Å²) in [5.41, 5.74) is -5.15. The van der Waals surface area contributed by atoms with Gasteiger partial charge in [0.15, 0.2) is 0 Å². The van der Waals surface area contributed by atoms with Gasteiger partial charge in [0.25, 0.3) is 0 Å². The highest BCUT2D eigenvalue weighted by Gasteiger charge is 2.48. The number of ether oxygens (including phenoxy) is 2. The zero-order chi connectivity index (χ0) is 21.4. The smallest absolute Gasteiger partial charge is 0.467 e. The monoisotopic (exact) mass is 427 g/mol. The molecule has 0 unspecified atom stereocenters. The van der Waals surface area contributed by atoms with E-state index in [-0.39, 0.29) is 13.0 Å². The van der Waals surface area contributed by atoms with Gasteiger partial charge in [-0.25, -0.2) is 9.59 Å². The fraction of sp³-hybridized carbons (Fsp3) is 0.500. The lowest BCUT2D eigenvalue weighted by Gasteiger charge is -2.17. The van der Waals surface area contributed by atoms with Gasteiger partial charge in [0, 0.05) is 6.42 Å². The van der Waals surface area contributed by atoms with Gasteiger partial charge in [-0.05, 0) is 24.1 Å². The summed E-state index contributed by atoms with van der Waals surface area (Å²) in [4.78, 5) is 23.5. The van der Waals surface area contributed by atoms with E-state index in [0.717, 1.165) is 25.7 Å². The molecule has 0 saturated heterocycles.